The molecule has 18 heavy (non-hydrogen) atoms. The molecule has 6 nitrogen and oxygen atoms in total. The van der Waals surface area contributed by atoms with E-state index < -0.39 is 5.97 Å². The third kappa shape index (κ3) is 3.43. The molecule has 102 valence electrons. The lowest BCUT2D eigenvalue weighted by Gasteiger charge is -2.35. The van der Waals surface area contributed by atoms with Crippen LogP contribution in [0, 0.1) is 5.92 Å². The van der Waals surface area contributed by atoms with E-state index in [1.807, 2.05) is 0 Å². The molecule has 0 radical (unpaired) electrons. The van der Waals surface area contributed by atoms with E-state index in [-0.39, 0.29) is 24.3 Å². The fourth-order valence-electron chi connectivity index (χ4n) is 2.43. The Kier molecular flexibility index (Phi) is 4.54. The normalized spacial score (nSPS) is 29.0. The molecule has 2 fully saturated rings. The number of aliphatic carboxylic acids is 1. The maximum Gasteiger partial charge on any atom is 0.306 e. The standard InChI is InChI=1S/C12H19NO5/c14-11(15)6-10-7-13(3-5-18-10)12(16)9-2-1-4-17-8-9/h9-10H,1-8H2,(H,14,15)/t9-,10-/m0/s1. The number of rotatable bonds is 3. The Morgan fingerprint density at radius 1 is 1.33 bits per heavy atom. The van der Waals surface area contributed by atoms with Crippen LogP contribution in [0.3, 0.4) is 0 Å². The molecule has 2 saturated heterocycles. The van der Waals surface area contributed by atoms with Gasteiger partial charge in [0.25, 0.3) is 0 Å². The van der Waals surface area contributed by atoms with Gasteiger partial charge in [-0.1, -0.05) is 0 Å². The number of carbonyl (C=O) groups is 2. The van der Waals surface area contributed by atoms with Gasteiger partial charge in [0.15, 0.2) is 0 Å². The zero-order valence-electron chi connectivity index (χ0n) is 10.3. The van der Waals surface area contributed by atoms with Crippen LogP contribution in [0.4, 0.5) is 0 Å². The van der Waals surface area contributed by atoms with Gasteiger partial charge in [0.05, 0.1) is 31.7 Å². The van der Waals surface area contributed by atoms with Gasteiger partial charge in [0, 0.05) is 19.7 Å². The van der Waals surface area contributed by atoms with Gasteiger partial charge in [0.1, 0.15) is 0 Å². The van der Waals surface area contributed by atoms with Crippen molar-refractivity contribution in [1.82, 2.24) is 4.90 Å². The number of ether oxygens (including phenoxy) is 2. The van der Waals surface area contributed by atoms with Crippen LogP contribution in [-0.2, 0) is 19.1 Å². The zero-order chi connectivity index (χ0) is 13.0. The lowest BCUT2D eigenvalue weighted by molar-refractivity contribution is -0.152. The Hall–Kier alpha value is -1.14. The van der Waals surface area contributed by atoms with Crippen LogP contribution < -0.4 is 0 Å². The molecule has 0 aromatic carbocycles. The summed E-state index contributed by atoms with van der Waals surface area (Å²) in [5.74, 6) is -0.883. The van der Waals surface area contributed by atoms with E-state index in [2.05, 4.69) is 0 Å². The topological polar surface area (TPSA) is 76.1 Å². The van der Waals surface area contributed by atoms with Gasteiger partial charge >= 0.3 is 5.97 Å². The number of amides is 1. The van der Waals surface area contributed by atoms with E-state index in [1.165, 1.54) is 0 Å². The lowest BCUT2D eigenvalue weighted by Crippen LogP contribution is -2.49. The van der Waals surface area contributed by atoms with Gasteiger partial charge in [0.2, 0.25) is 5.91 Å². The van der Waals surface area contributed by atoms with Crippen LogP contribution in [0.15, 0.2) is 0 Å². The van der Waals surface area contributed by atoms with E-state index >= 15 is 0 Å². The first kappa shape index (κ1) is 13.3. The summed E-state index contributed by atoms with van der Waals surface area (Å²) in [5.41, 5.74) is 0. The molecule has 0 aromatic heterocycles. The molecule has 0 aliphatic carbocycles. The van der Waals surface area contributed by atoms with Crippen molar-refractivity contribution in [2.45, 2.75) is 25.4 Å². The minimum Gasteiger partial charge on any atom is -0.481 e. The first-order valence-electron chi connectivity index (χ1n) is 6.36. The quantitative estimate of drug-likeness (QED) is 0.777. The second kappa shape index (κ2) is 6.15. The molecule has 6 heteroatoms. The molecule has 2 rings (SSSR count). The van der Waals surface area contributed by atoms with E-state index in [1.54, 1.807) is 4.90 Å². The maximum absolute atomic E-state index is 12.2. The average molecular weight is 257 g/mol. The maximum atomic E-state index is 12.2. The van der Waals surface area contributed by atoms with Crippen molar-refractivity contribution >= 4 is 11.9 Å². The Morgan fingerprint density at radius 2 is 2.17 bits per heavy atom. The number of carbonyl (C=O) groups excluding carboxylic acids is 1. The van der Waals surface area contributed by atoms with E-state index in [0.29, 0.717) is 26.3 Å². The van der Waals surface area contributed by atoms with Crippen molar-refractivity contribution in [2.24, 2.45) is 5.92 Å². The van der Waals surface area contributed by atoms with Crippen molar-refractivity contribution in [2.75, 3.05) is 32.9 Å². The molecular weight excluding hydrogens is 238 g/mol. The smallest absolute Gasteiger partial charge is 0.306 e. The monoisotopic (exact) mass is 257 g/mol. The van der Waals surface area contributed by atoms with Crippen LogP contribution in [-0.4, -0.2) is 60.9 Å². The summed E-state index contributed by atoms with van der Waals surface area (Å²) >= 11 is 0. The van der Waals surface area contributed by atoms with E-state index in [4.69, 9.17) is 14.6 Å². The summed E-state index contributed by atoms with van der Waals surface area (Å²) < 4.78 is 10.7. The molecule has 0 unspecified atom stereocenters. The molecule has 0 bridgehead atoms. The van der Waals surface area contributed by atoms with Crippen LogP contribution >= 0.6 is 0 Å². The molecule has 1 amide bonds. The number of morpholine rings is 1. The van der Waals surface area contributed by atoms with Gasteiger partial charge < -0.3 is 19.5 Å². The summed E-state index contributed by atoms with van der Waals surface area (Å²) in [6.07, 6.45) is 1.34. The van der Waals surface area contributed by atoms with E-state index in [0.717, 1.165) is 19.4 Å². The number of hydrogen-bond donors (Lipinski definition) is 1. The fraction of sp³-hybridized carbons (Fsp3) is 0.833. The third-order valence-corrected chi connectivity index (χ3v) is 3.36. The van der Waals surface area contributed by atoms with Crippen molar-refractivity contribution in [3.8, 4) is 0 Å². The molecule has 0 aromatic rings. The molecule has 2 aliphatic heterocycles. The van der Waals surface area contributed by atoms with Gasteiger partial charge in [-0.25, -0.2) is 0 Å². The molecule has 1 N–H and O–H groups in total. The Balaban J connectivity index is 1.87. The average Bonchev–Trinajstić information content (AvgIpc) is 2.38. The first-order chi connectivity index (χ1) is 8.66. The highest BCUT2D eigenvalue weighted by molar-refractivity contribution is 5.79. The van der Waals surface area contributed by atoms with Crippen molar-refractivity contribution in [3.05, 3.63) is 0 Å². The van der Waals surface area contributed by atoms with Gasteiger partial charge in [-0.2, -0.15) is 0 Å². The van der Waals surface area contributed by atoms with Crippen LogP contribution in [0.5, 0.6) is 0 Å². The second-order valence-corrected chi connectivity index (χ2v) is 4.79. The first-order valence-corrected chi connectivity index (χ1v) is 6.36. The second-order valence-electron chi connectivity index (χ2n) is 4.79. The summed E-state index contributed by atoms with van der Waals surface area (Å²) in [6, 6.07) is 0. The Labute approximate surface area is 106 Å². The van der Waals surface area contributed by atoms with Crippen LogP contribution in [0.1, 0.15) is 19.3 Å². The van der Waals surface area contributed by atoms with Gasteiger partial charge in [-0.05, 0) is 12.8 Å². The van der Waals surface area contributed by atoms with Gasteiger partial charge in [-0.15, -0.1) is 0 Å². The van der Waals surface area contributed by atoms with Crippen molar-refractivity contribution < 1.29 is 24.2 Å². The molecular formula is C12H19NO5. The molecule has 2 heterocycles. The lowest BCUT2D eigenvalue weighted by atomic mass is 10.00. The highest BCUT2D eigenvalue weighted by Crippen LogP contribution is 2.18. The number of hydrogen-bond acceptors (Lipinski definition) is 4. The van der Waals surface area contributed by atoms with E-state index in [9.17, 15) is 9.59 Å². The highest BCUT2D eigenvalue weighted by Gasteiger charge is 2.31. The molecule has 2 aliphatic rings. The van der Waals surface area contributed by atoms with Crippen molar-refractivity contribution in [1.29, 1.82) is 0 Å². The highest BCUT2D eigenvalue weighted by atomic mass is 16.5. The molecule has 2 atom stereocenters. The largest absolute Gasteiger partial charge is 0.481 e. The fourth-order valence-corrected chi connectivity index (χ4v) is 2.43. The number of nitrogens with zero attached hydrogens (tertiary/aromatic N) is 1. The third-order valence-electron chi connectivity index (χ3n) is 3.36. The Bertz CT molecular complexity index is 314. The predicted octanol–water partition coefficient (Wildman–Crippen LogP) is 0.115. The van der Waals surface area contributed by atoms with Crippen LogP contribution in [0.25, 0.3) is 0 Å². The summed E-state index contributed by atoms with van der Waals surface area (Å²) in [6.45, 7) is 2.55. The summed E-state index contributed by atoms with van der Waals surface area (Å²) in [7, 11) is 0. The summed E-state index contributed by atoms with van der Waals surface area (Å²) in [4.78, 5) is 24.6. The summed E-state index contributed by atoms with van der Waals surface area (Å²) in [5, 5.41) is 8.74. The predicted molar refractivity (Wildman–Crippen MR) is 62.1 cm³/mol. The van der Waals surface area contributed by atoms with Gasteiger partial charge in [-0.3, -0.25) is 9.59 Å². The number of carboxylic acid groups (broad SMARTS) is 1. The van der Waals surface area contributed by atoms with Crippen LogP contribution in [0.2, 0.25) is 0 Å². The SMILES string of the molecule is O=C(O)C[C@H]1CN(C(=O)[C@H]2CCCOC2)CCO1. The van der Waals surface area contributed by atoms with Crippen molar-refractivity contribution in [3.63, 3.8) is 0 Å². The molecule has 0 saturated carbocycles. The Morgan fingerprint density at radius 3 is 2.83 bits per heavy atom. The number of carboxylic acids is 1. The molecule has 0 spiro atoms. The minimum atomic E-state index is -0.893. The zero-order valence-corrected chi connectivity index (χ0v) is 10.3. The minimum absolute atomic E-state index is 0.0506.